The van der Waals surface area contributed by atoms with E-state index in [-0.39, 0.29) is 17.6 Å². The summed E-state index contributed by atoms with van der Waals surface area (Å²) >= 11 is 12.0. The Kier molecular flexibility index (Phi) is 3.32. The smallest absolute Gasteiger partial charge is 0.225 e. The predicted octanol–water partition coefficient (Wildman–Crippen LogP) is 2.70. The number of fused-ring (bicyclic) bond motifs is 1. The zero-order valence-electron chi connectivity index (χ0n) is 9.99. The van der Waals surface area contributed by atoms with E-state index in [0.717, 1.165) is 37.3 Å². The fourth-order valence-corrected chi connectivity index (χ4v) is 2.98. The van der Waals surface area contributed by atoms with Crippen LogP contribution in [0.25, 0.3) is 0 Å². The number of anilines is 1. The minimum Gasteiger partial charge on any atom is -0.357 e. The van der Waals surface area contributed by atoms with Gasteiger partial charge >= 0.3 is 0 Å². The standard InChI is InChI=1S/C11H14Cl2N4O/c1-6-8-9(12)14-11(13)15-10(8)17(16-6)7-4-2-3-5-18-7/h6-7,16H,2-5H2,1H3. The highest BCUT2D eigenvalue weighted by molar-refractivity contribution is 6.32. The topological polar surface area (TPSA) is 50.3 Å². The van der Waals surface area contributed by atoms with Gasteiger partial charge in [0.15, 0.2) is 5.82 Å². The molecule has 7 heteroatoms. The normalized spacial score (nSPS) is 27.4. The molecule has 0 aliphatic carbocycles. The van der Waals surface area contributed by atoms with Gasteiger partial charge in [-0.05, 0) is 37.8 Å². The maximum Gasteiger partial charge on any atom is 0.225 e. The number of hydrogen-bond donors (Lipinski definition) is 1. The van der Waals surface area contributed by atoms with Crippen molar-refractivity contribution in [3.8, 4) is 0 Å². The molecule has 2 atom stereocenters. The van der Waals surface area contributed by atoms with Crippen LogP contribution in [0.5, 0.6) is 0 Å². The van der Waals surface area contributed by atoms with Gasteiger partial charge in [0.1, 0.15) is 11.4 Å². The molecule has 0 bridgehead atoms. The van der Waals surface area contributed by atoms with E-state index in [1.165, 1.54) is 0 Å². The van der Waals surface area contributed by atoms with E-state index in [4.69, 9.17) is 27.9 Å². The van der Waals surface area contributed by atoms with Gasteiger partial charge in [-0.1, -0.05) is 11.6 Å². The zero-order chi connectivity index (χ0) is 12.7. The molecule has 3 heterocycles. The Hall–Kier alpha value is -0.620. The third-order valence-corrected chi connectivity index (χ3v) is 3.75. The average molecular weight is 289 g/mol. The lowest BCUT2D eigenvalue weighted by Crippen LogP contribution is -2.46. The third-order valence-electron chi connectivity index (χ3n) is 3.29. The number of hydrogen-bond acceptors (Lipinski definition) is 5. The van der Waals surface area contributed by atoms with E-state index in [1.54, 1.807) is 0 Å². The van der Waals surface area contributed by atoms with Crippen LogP contribution in [0.1, 0.15) is 37.8 Å². The summed E-state index contributed by atoms with van der Waals surface area (Å²) in [4.78, 5) is 8.26. The average Bonchev–Trinajstić information content (AvgIpc) is 2.67. The van der Waals surface area contributed by atoms with Crippen LogP contribution in [0.2, 0.25) is 10.4 Å². The first-order valence-electron chi connectivity index (χ1n) is 6.07. The van der Waals surface area contributed by atoms with Crippen molar-refractivity contribution in [3.05, 3.63) is 16.0 Å². The number of rotatable bonds is 1. The molecule has 1 fully saturated rings. The molecule has 98 valence electrons. The van der Waals surface area contributed by atoms with Gasteiger partial charge < -0.3 is 4.74 Å². The lowest BCUT2D eigenvalue weighted by atomic mass is 10.1. The Labute approximate surface area is 115 Å². The van der Waals surface area contributed by atoms with Crippen molar-refractivity contribution in [1.29, 1.82) is 0 Å². The molecule has 5 nitrogen and oxygen atoms in total. The van der Waals surface area contributed by atoms with E-state index < -0.39 is 0 Å². The van der Waals surface area contributed by atoms with Gasteiger partial charge in [0.05, 0.1) is 11.6 Å². The Balaban J connectivity index is 1.97. The molecular formula is C11H14Cl2N4O. The number of hydrazine groups is 1. The number of ether oxygens (including phenoxy) is 1. The molecule has 0 amide bonds. The van der Waals surface area contributed by atoms with Crippen LogP contribution in [0, 0.1) is 0 Å². The van der Waals surface area contributed by atoms with Crippen molar-refractivity contribution < 1.29 is 4.74 Å². The molecule has 0 aromatic carbocycles. The van der Waals surface area contributed by atoms with Gasteiger partial charge in [-0.3, -0.25) is 5.01 Å². The lowest BCUT2D eigenvalue weighted by Gasteiger charge is -2.32. The molecule has 1 saturated heterocycles. The van der Waals surface area contributed by atoms with Crippen LogP contribution in [0.4, 0.5) is 5.82 Å². The maximum atomic E-state index is 6.13. The molecule has 1 aromatic heterocycles. The summed E-state index contributed by atoms with van der Waals surface area (Å²) in [5.41, 5.74) is 4.20. The van der Waals surface area contributed by atoms with Crippen molar-refractivity contribution in [1.82, 2.24) is 15.4 Å². The zero-order valence-corrected chi connectivity index (χ0v) is 11.5. The van der Waals surface area contributed by atoms with Crippen LogP contribution < -0.4 is 10.4 Å². The van der Waals surface area contributed by atoms with Gasteiger partial charge in [-0.25, -0.2) is 10.4 Å². The Bertz CT molecular complexity index is 465. The van der Waals surface area contributed by atoms with Crippen molar-refractivity contribution in [2.24, 2.45) is 0 Å². The van der Waals surface area contributed by atoms with E-state index in [2.05, 4.69) is 15.4 Å². The first kappa shape index (κ1) is 12.4. The molecule has 0 spiro atoms. The second-order valence-electron chi connectivity index (χ2n) is 4.56. The van der Waals surface area contributed by atoms with Crippen LogP contribution in [0.3, 0.4) is 0 Å². The molecule has 2 aliphatic heterocycles. The first-order valence-corrected chi connectivity index (χ1v) is 6.82. The summed E-state index contributed by atoms with van der Waals surface area (Å²) < 4.78 is 5.76. The van der Waals surface area contributed by atoms with Gasteiger partial charge in [0, 0.05) is 6.61 Å². The number of aromatic nitrogens is 2. The highest BCUT2D eigenvalue weighted by atomic mass is 35.5. The van der Waals surface area contributed by atoms with Crippen molar-refractivity contribution in [2.75, 3.05) is 11.6 Å². The summed E-state index contributed by atoms with van der Waals surface area (Å²) in [5.74, 6) is 0.736. The van der Waals surface area contributed by atoms with Crippen LogP contribution >= 0.6 is 23.2 Å². The maximum absolute atomic E-state index is 6.13. The van der Waals surface area contributed by atoms with Crippen LogP contribution in [-0.4, -0.2) is 22.8 Å². The summed E-state index contributed by atoms with van der Waals surface area (Å²) in [6, 6.07) is 0.0651. The van der Waals surface area contributed by atoms with Crippen molar-refractivity contribution in [3.63, 3.8) is 0 Å². The Morgan fingerprint density at radius 1 is 1.33 bits per heavy atom. The summed E-state index contributed by atoms with van der Waals surface area (Å²) in [6.45, 7) is 2.80. The molecule has 1 N–H and O–H groups in total. The minimum atomic E-state index is -0.00974. The third kappa shape index (κ3) is 2.05. The van der Waals surface area contributed by atoms with E-state index >= 15 is 0 Å². The molecule has 1 aromatic rings. The largest absolute Gasteiger partial charge is 0.357 e. The molecule has 3 rings (SSSR count). The van der Waals surface area contributed by atoms with Crippen LogP contribution in [0.15, 0.2) is 0 Å². The Morgan fingerprint density at radius 3 is 2.89 bits per heavy atom. The molecule has 0 saturated carbocycles. The number of halogens is 2. The number of nitrogens with one attached hydrogen (secondary N) is 1. The first-order chi connectivity index (χ1) is 8.66. The number of nitrogens with zero attached hydrogens (tertiary/aromatic N) is 3. The minimum absolute atomic E-state index is 0.00974. The quantitative estimate of drug-likeness (QED) is 0.636. The summed E-state index contributed by atoms with van der Waals surface area (Å²) in [5, 5.41) is 2.50. The summed E-state index contributed by atoms with van der Waals surface area (Å²) in [6.07, 6.45) is 3.22. The molecule has 18 heavy (non-hydrogen) atoms. The highest BCUT2D eigenvalue weighted by Gasteiger charge is 2.35. The van der Waals surface area contributed by atoms with Gasteiger partial charge in [-0.15, -0.1) is 0 Å². The molecular weight excluding hydrogens is 275 g/mol. The van der Waals surface area contributed by atoms with Gasteiger partial charge in [0.2, 0.25) is 5.28 Å². The second-order valence-corrected chi connectivity index (χ2v) is 5.26. The summed E-state index contributed by atoms with van der Waals surface area (Å²) in [7, 11) is 0. The SMILES string of the molecule is CC1NN(C2CCCCO2)c2nc(Cl)nc(Cl)c21. The lowest BCUT2D eigenvalue weighted by molar-refractivity contribution is 0.00793. The van der Waals surface area contributed by atoms with E-state index in [1.807, 2.05) is 11.9 Å². The molecule has 2 aliphatic rings. The molecule has 0 radical (unpaired) electrons. The molecule has 2 unspecified atom stereocenters. The van der Waals surface area contributed by atoms with Gasteiger partial charge in [-0.2, -0.15) is 4.98 Å². The second kappa shape index (κ2) is 4.81. The van der Waals surface area contributed by atoms with Crippen molar-refractivity contribution in [2.45, 2.75) is 38.5 Å². The fraction of sp³-hybridized carbons (Fsp3) is 0.636. The monoisotopic (exact) mass is 288 g/mol. The fourth-order valence-electron chi connectivity index (χ4n) is 2.44. The highest BCUT2D eigenvalue weighted by Crippen LogP contribution is 2.38. The van der Waals surface area contributed by atoms with E-state index in [9.17, 15) is 0 Å². The van der Waals surface area contributed by atoms with Gasteiger partial charge in [0.25, 0.3) is 0 Å². The van der Waals surface area contributed by atoms with E-state index in [0.29, 0.717) is 5.15 Å². The van der Waals surface area contributed by atoms with Crippen molar-refractivity contribution >= 4 is 29.0 Å². The van der Waals surface area contributed by atoms with Crippen LogP contribution in [-0.2, 0) is 4.74 Å². The Morgan fingerprint density at radius 2 is 2.17 bits per heavy atom. The predicted molar refractivity (Wildman–Crippen MR) is 69.7 cm³/mol.